The second-order valence-corrected chi connectivity index (χ2v) is 58.3. The quantitative estimate of drug-likeness (QED) is 0.637. The van der Waals surface area contributed by atoms with Crippen LogP contribution in [0, 0.1) is 0 Å². The monoisotopic (exact) mass is 355 g/mol. The van der Waals surface area contributed by atoms with Gasteiger partial charge in [-0.15, -0.1) is 24.8 Å². The van der Waals surface area contributed by atoms with Gasteiger partial charge in [0.2, 0.25) is 0 Å². The van der Waals surface area contributed by atoms with E-state index >= 15 is 0 Å². The van der Waals surface area contributed by atoms with Gasteiger partial charge in [0, 0.05) is 0 Å². The molecule has 0 atom stereocenters. The van der Waals surface area contributed by atoms with Crippen LogP contribution in [0.3, 0.4) is 0 Å². The van der Waals surface area contributed by atoms with Crippen LogP contribution < -0.4 is 4.00 Å². The van der Waals surface area contributed by atoms with E-state index in [1.165, 1.54) is 7.88 Å². The Morgan fingerprint density at radius 2 is 1.60 bits per heavy atom. The van der Waals surface area contributed by atoms with Crippen LogP contribution in [0.4, 0.5) is 0 Å². The molecule has 2 rings (SSSR count). The molecule has 1 aliphatic rings. The number of hydrogen-bond acceptors (Lipinski definition) is 0. The van der Waals surface area contributed by atoms with Crippen LogP contribution in [0.25, 0.3) is 0 Å². The van der Waals surface area contributed by atoms with E-state index in [2.05, 4.69) is 66.7 Å². The van der Waals surface area contributed by atoms with E-state index in [1.54, 1.807) is 0 Å². The summed E-state index contributed by atoms with van der Waals surface area (Å²) in [4.78, 5) is 8.56. The molecular formula is C16H31Cl2NTi. The van der Waals surface area contributed by atoms with E-state index in [9.17, 15) is 0 Å². The molecule has 1 nitrogen and oxygen atoms in total. The minimum absolute atomic E-state index is 0. The SMILES string of the molecule is Cl.Cl.[CH2]=[Ti]([CH3])([CH3])([CH3])([CH3])([CH3])([CH3])([C]1=CC=CC1)[c]1ccc[nH]1. The fraction of sp³-hybridized carbons (Fsp3) is 0.438. The first-order chi connectivity index (χ1) is 7.35. The van der Waals surface area contributed by atoms with E-state index in [-0.39, 0.29) is 24.8 Å². The number of rotatable bonds is 2. The summed E-state index contributed by atoms with van der Waals surface area (Å²) >= 11 is 0. The molecular weight excluding hydrogens is 325 g/mol. The van der Waals surface area contributed by atoms with Crippen molar-refractivity contribution in [1.82, 2.24) is 4.98 Å². The molecule has 0 saturated carbocycles. The summed E-state index contributed by atoms with van der Waals surface area (Å²) < 4.78 is 2.70. The van der Waals surface area contributed by atoms with Gasteiger partial charge in [-0.2, -0.15) is 0 Å². The number of halogens is 2. The Bertz CT molecular complexity index is 784. The second-order valence-electron chi connectivity index (χ2n) is 15.5. The summed E-state index contributed by atoms with van der Waals surface area (Å²) in [7, 11) is -5.10. The maximum absolute atomic E-state index is 5.10. The van der Waals surface area contributed by atoms with Crippen molar-refractivity contribution >= 4 is 33.6 Å². The summed E-state index contributed by atoms with van der Waals surface area (Å²) in [5, 5.41) is 14.4. The Balaban J connectivity index is 0.00000180. The van der Waals surface area contributed by atoms with Gasteiger partial charge in [-0.05, 0) is 0 Å². The third kappa shape index (κ3) is 2.43. The average Bonchev–Trinajstić information content (AvgIpc) is 2.75. The Hall–Kier alpha value is -0.0757. The number of H-pyrrole nitrogens is 1. The van der Waals surface area contributed by atoms with Crippen LogP contribution in [-0.4, -0.2) is 9.80 Å². The Morgan fingerprint density at radius 3 is 1.95 bits per heavy atom. The van der Waals surface area contributed by atoms with Crippen LogP contribution in [0.2, 0.25) is 31.4 Å². The maximum atomic E-state index is 5.07. The van der Waals surface area contributed by atoms with Gasteiger partial charge in [0.15, 0.2) is 0 Å². The van der Waals surface area contributed by atoms with Crippen molar-refractivity contribution in [2.75, 3.05) is 0 Å². The van der Waals surface area contributed by atoms with E-state index in [0.717, 1.165) is 6.42 Å². The molecule has 1 aliphatic carbocycles. The molecule has 0 spiro atoms. The summed E-state index contributed by atoms with van der Waals surface area (Å²) in [6.07, 6.45) is 9.67. The summed E-state index contributed by atoms with van der Waals surface area (Å²) in [6, 6.07) is 4.28. The molecule has 1 aromatic rings. The summed E-state index contributed by atoms with van der Waals surface area (Å²) in [5.41, 5.74) is 0. The van der Waals surface area contributed by atoms with Gasteiger partial charge < -0.3 is 0 Å². The first-order valence-corrected chi connectivity index (χ1v) is 19.1. The molecule has 0 aromatic carbocycles. The third-order valence-electron chi connectivity index (χ3n) is 5.62. The van der Waals surface area contributed by atoms with Crippen molar-refractivity contribution in [3.8, 4) is 0 Å². The number of nitrogens with one attached hydrogen (secondary N) is 1. The molecule has 1 aromatic heterocycles. The van der Waals surface area contributed by atoms with Crippen LogP contribution in [0.5, 0.6) is 0 Å². The zero-order valence-corrected chi connectivity index (χ0v) is 16.9. The van der Waals surface area contributed by atoms with E-state index in [0.29, 0.717) is 0 Å². The van der Waals surface area contributed by atoms with Crippen molar-refractivity contribution in [3.63, 3.8) is 0 Å². The second kappa shape index (κ2) is 2.44. The fourth-order valence-corrected chi connectivity index (χ4v) is 12.2. The van der Waals surface area contributed by atoms with E-state index < -0.39 is 9.71 Å². The third-order valence-corrected chi connectivity index (χ3v) is 20.0. The van der Waals surface area contributed by atoms with Gasteiger partial charge in [0.1, 0.15) is 0 Å². The van der Waals surface area contributed by atoms with Crippen molar-refractivity contribution in [2.45, 2.75) is 37.8 Å². The van der Waals surface area contributed by atoms with E-state index in [4.69, 9.17) is 4.82 Å². The van der Waals surface area contributed by atoms with Gasteiger partial charge in [-0.1, -0.05) is 0 Å². The average molecular weight is 356 g/mol. The number of aromatic nitrogens is 1. The molecule has 0 unspecified atom stereocenters. The van der Waals surface area contributed by atoms with Gasteiger partial charge >= 0.3 is 102 Å². The predicted molar refractivity (Wildman–Crippen MR) is 99.1 cm³/mol. The molecule has 118 valence electrons. The van der Waals surface area contributed by atoms with Crippen LogP contribution in [-0.2, 0) is 9.71 Å². The predicted octanol–water partition coefficient (Wildman–Crippen LogP) is 5.88. The Morgan fingerprint density at radius 1 is 1.05 bits per heavy atom. The first-order valence-electron chi connectivity index (χ1n) is 7.06. The topological polar surface area (TPSA) is 15.8 Å². The Kier molecular flexibility index (Phi) is 2.43. The molecule has 0 radical (unpaired) electrons. The van der Waals surface area contributed by atoms with Gasteiger partial charge in [-0.25, -0.2) is 0 Å². The molecule has 1 N–H and O–H groups in total. The molecule has 4 heteroatoms. The normalized spacial score (nSPS) is 25.1. The fourth-order valence-electron chi connectivity index (χ4n) is 3.41. The van der Waals surface area contributed by atoms with Crippen LogP contribution >= 0.6 is 24.8 Å². The molecule has 20 heavy (non-hydrogen) atoms. The standard InChI is InChI=1S/C5H5.C4H4N.6CH3.CH2.2ClH.Ti/c2*1-2-4-5-3-1;;;;;;;;;;/h1-3H,4H2;1-3,5H;6*1H3;1H2;2*1H;. The molecule has 0 amide bonds. The van der Waals surface area contributed by atoms with Gasteiger partial charge in [-0.3, -0.25) is 0 Å². The zero-order valence-electron chi connectivity index (χ0n) is 13.7. The Labute approximate surface area is 126 Å². The summed E-state index contributed by atoms with van der Waals surface area (Å²) in [6.45, 7) is 0. The molecule has 0 fully saturated rings. The minimum atomic E-state index is -5.10. The number of aromatic amines is 1. The van der Waals surface area contributed by atoms with Crippen molar-refractivity contribution in [2.24, 2.45) is 0 Å². The van der Waals surface area contributed by atoms with Crippen LogP contribution in [0.1, 0.15) is 6.42 Å². The zero-order chi connectivity index (χ0) is 14.1. The molecule has 0 bridgehead atoms. The molecule has 0 aliphatic heterocycles. The number of hydrogen-bond donors (Lipinski definition) is 1. The molecule has 0 saturated heterocycles. The molecule has 1 heterocycles. The van der Waals surface area contributed by atoms with Gasteiger partial charge in [0.05, 0.1) is 0 Å². The summed E-state index contributed by atoms with van der Waals surface area (Å²) in [5.74, 6) is 0. The van der Waals surface area contributed by atoms with Crippen molar-refractivity contribution in [1.29, 1.82) is 0 Å². The first kappa shape index (κ1) is 19.9. The van der Waals surface area contributed by atoms with Crippen molar-refractivity contribution < 1.29 is 9.71 Å². The van der Waals surface area contributed by atoms with E-state index in [1.807, 2.05) is 6.20 Å². The van der Waals surface area contributed by atoms with Crippen molar-refractivity contribution in [3.05, 3.63) is 40.4 Å². The van der Waals surface area contributed by atoms with Gasteiger partial charge in [0.25, 0.3) is 0 Å². The number of allylic oxidation sites excluding steroid dienone is 4. The van der Waals surface area contributed by atoms with Crippen LogP contribution in [0.15, 0.2) is 40.4 Å².